The average molecular weight is 283 g/mol. The van der Waals surface area contributed by atoms with Crippen molar-refractivity contribution in [2.45, 2.75) is 12.8 Å². The molecule has 1 rings (SSSR count). The van der Waals surface area contributed by atoms with Crippen LogP contribution in [0.5, 0.6) is 5.75 Å². The normalized spacial score (nSPS) is 10.0. The maximum atomic E-state index is 13.3. The van der Waals surface area contributed by atoms with E-state index in [9.17, 15) is 14.0 Å². The van der Waals surface area contributed by atoms with Gasteiger partial charge in [-0.15, -0.1) is 0 Å². The molecule has 0 aliphatic heterocycles. The van der Waals surface area contributed by atoms with E-state index in [4.69, 9.17) is 4.74 Å². The molecular weight excluding hydrogens is 265 g/mol. The Morgan fingerprint density at radius 2 is 2.00 bits per heavy atom. The molecule has 0 aliphatic rings. The summed E-state index contributed by atoms with van der Waals surface area (Å²) >= 11 is 0. The van der Waals surface area contributed by atoms with Crippen molar-refractivity contribution in [2.75, 3.05) is 27.8 Å². The molecule has 0 saturated heterocycles. The van der Waals surface area contributed by atoms with E-state index < -0.39 is 5.82 Å². The average Bonchev–Trinajstić information content (AvgIpc) is 2.46. The smallest absolute Gasteiger partial charge is 0.305 e. The van der Waals surface area contributed by atoms with Crippen molar-refractivity contribution >= 4 is 11.9 Å². The summed E-state index contributed by atoms with van der Waals surface area (Å²) in [5.74, 6) is -1.06. The molecule has 0 unspecified atom stereocenters. The number of hydrogen-bond donors (Lipinski definition) is 0. The van der Waals surface area contributed by atoms with Gasteiger partial charge >= 0.3 is 5.97 Å². The van der Waals surface area contributed by atoms with Crippen molar-refractivity contribution in [1.82, 2.24) is 4.90 Å². The predicted molar refractivity (Wildman–Crippen MR) is 71.2 cm³/mol. The van der Waals surface area contributed by atoms with Gasteiger partial charge in [0.2, 0.25) is 0 Å². The number of esters is 1. The van der Waals surface area contributed by atoms with E-state index in [2.05, 4.69) is 4.74 Å². The number of halogens is 1. The molecule has 1 amide bonds. The summed E-state index contributed by atoms with van der Waals surface area (Å²) in [5, 5.41) is 0. The summed E-state index contributed by atoms with van der Waals surface area (Å²) in [7, 11) is 4.28. The van der Waals surface area contributed by atoms with Crippen molar-refractivity contribution in [1.29, 1.82) is 0 Å². The lowest BCUT2D eigenvalue weighted by Crippen LogP contribution is -2.28. The Bertz CT molecular complexity index is 490. The minimum absolute atomic E-state index is 0.0267. The molecule has 110 valence electrons. The quantitative estimate of drug-likeness (QED) is 0.748. The maximum Gasteiger partial charge on any atom is 0.305 e. The second kappa shape index (κ2) is 7.47. The van der Waals surface area contributed by atoms with Gasteiger partial charge in [-0.05, 0) is 24.6 Å². The third kappa shape index (κ3) is 4.22. The zero-order chi connectivity index (χ0) is 15.1. The largest absolute Gasteiger partial charge is 0.494 e. The molecule has 20 heavy (non-hydrogen) atoms. The van der Waals surface area contributed by atoms with Crippen LogP contribution in [0.1, 0.15) is 23.2 Å². The number of carbonyl (C=O) groups excluding carboxylic acids is 2. The summed E-state index contributed by atoms with van der Waals surface area (Å²) in [5.41, 5.74) is 0.337. The van der Waals surface area contributed by atoms with Crippen LogP contribution in [0, 0.1) is 5.82 Å². The minimum Gasteiger partial charge on any atom is -0.494 e. The van der Waals surface area contributed by atoms with Gasteiger partial charge in [-0.3, -0.25) is 9.59 Å². The molecule has 0 bridgehead atoms. The van der Waals surface area contributed by atoms with Crippen molar-refractivity contribution in [3.8, 4) is 5.75 Å². The van der Waals surface area contributed by atoms with Crippen LogP contribution < -0.4 is 4.74 Å². The number of ether oxygens (including phenoxy) is 2. The Balaban J connectivity index is 2.62. The number of nitrogens with zero attached hydrogens (tertiary/aromatic N) is 1. The Labute approximate surface area is 117 Å². The number of hydrogen-bond acceptors (Lipinski definition) is 4. The fourth-order valence-corrected chi connectivity index (χ4v) is 1.68. The van der Waals surface area contributed by atoms with Gasteiger partial charge in [-0.2, -0.15) is 0 Å². The number of amides is 1. The maximum absolute atomic E-state index is 13.3. The fourth-order valence-electron chi connectivity index (χ4n) is 1.68. The Kier molecular flexibility index (Phi) is 5.96. The van der Waals surface area contributed by atoms with Gasteiger partial charge in [-0.25, -0.2) is 4.39 Å². The van der Waals surface area contributed by atoms with Crippen LogP contribution in [-0.2, 0) is 9.53 Å². The Morgan fingerprint density at radius 3 is 2.60 bits per heavy atom. The van der Waals surface area contributed by atoms with Gasteiger partial charge in [-0.1, -0.05) is 0 Å². The summed E-state index contributed by atoms with van der Waals surface area (Å²) < 4.78 is 22.6. The molecule has 0 fully saturated rings. The molecule has 1 aromatic rings. The Morgan fingerprint density at radius 1 is 1.30 bits per heavy atom. The molecule has 5 nitrogen and oxygen atoms in total. The highest BCUT2D eigenvalue weighted by Crippen LogP contribution is 2.19. The lowest BCUT2D eigenvalue weighted by Gasteiger charge is -2.17. The van der Waals surface area contributed by atoms with E-state index in [1.165, 1.54) is 37.3 Å². The summed E-state index contributed by atoms with van der Waals surface area (Å²) in [6, 6.07) is 3.94. The zero-order valence-electron chi connectivity index (χ0n) is 11.8. The first-order chi connectivity index (χ1) is 9.49. The van der Waals surface area contributed by atoms with Gasteiger partial charge < -0.3 is 14.4 Å². The fraction of sp³-hybridized carbons (Fsp3) is 0.429. The van der Waals surface area contributed by atoms with E-state index in [1.54, 1.807) is 7.05 Å². The predicted octanol–water partition coefficient (Wildman–Crippen LogP) is 1.86. The van der Waals surface area contributed by atoms with Crippen LogP contribution in [-0.4, -0.2) is 44.6 Å². The molecule has 1 aromatic carbocycles. The first-order valence-corrected chi connectivity index (χ1v) is 6.15. The number of methoxy groups -OCH3 is 2. The topological polar surface area (TPSA) is 55.8 Å². The first-order valence-electron chi connectivity index (χ1n) is 6.15. The summed E-state index contributed by atoms with van der Waals surface area (Å²) in [6.45, 7) is 0.410. The third-order valence-corrected chi connectivity index (χ3v) is 2.85. The van der Waals surface area contributed by atoms with Crippen molar-refractivity contribution in [3.05, 3.63) is 29.6 Å². The van der Waals surface area contributed by atoms with E-state index in [-0.39, 0.29) is 24.0 Å². The molecule has 0 radical (unpaired) electrons. The Hall–Kier alpha value is -2.11. The first kappa shape index (κ1) is 15.9. The van der Waals surface area contributed by atoms with Gasteiger partial charge in [0.1, 0.15) is 0 Å². The van der Waals surface area contributed by atoms with E-state index >= 15 is 0 Å². The van der Waals surface area contributed by atoms with Gasteiger partial charge in [0.15, 0.2) is 11.6 Å². The molecule has 0 saturated carbocycles. The molecule has 0 spiro atoms. The van der Waals surface area contributed by atoms with Crippen molar-refractivity contribution in [2.24, 2.45) is 0 Å². The number of rotatable bonds is 6. The second-order valence-corrected chi connectivity index (χ2v) is 4.26. The van der Waals surface area contributed by atoms with Crippen molar-refractivity contribution < 1.29 is 23.5 Å². The van der Waals surface area contributed by atoms with Gasteiger partial charge in [0, 0.05) is 25.6 Å². The van der Waals surface area contributed by atoms with Gasteiger partial charge in [0.05, 0.1) is 14.2 Å². The molecule has 0 N–H and O–H groups in total. The molecule has 0 aromatic heterocycles. The molecule has 6 heteroatoms. The zero-order valence-corrected chi connectivity index (χ0v) is 11.8. The van der Waals surface area contributed by atoms with E-state index in [0.717, 1.165) is 0 Å². The van der Waals surface area contributed by atoms with Crippen LogP contribution in [0.2, 0.25) is 0 Å². The summed E-state index contributed by atoms with van der Waals surface area (Å²) in [6.07, 6.45) is 0.758. The van der Waals surface area contributed by atoms with Crippen LogP contribution in [0.25, 0.3) is 0 Å². The second-order valence-electron chi connectivity index (χ2n) is 4.26. The summed E-state index contributed by atoms with van der Waals surface area (Å²) in [4.78, 5) is 24.5. The highest BCUT2D eigenvalue weighted by Gasteiger charge is 2.14. The molecular formula is C14H18FNO4. The molecule has 0 heterocycles. The van der Waals surface area contributed by atoms with Crippen molar-refractivity contribution in [3.63, 3.8) is 0 Å². The molecule has 0 aliphatic carbocycles. The van der Waals surface area contributed by atoms with Gasteiger partial charge in [0.25, 0.3) is 5.91 Å². The third-order valence-electron chi connectivity index (χ3n) is 2.85. The van der Waals surface area contributed by atoms with Crippen LogP contribution in [0.15, 0.2) is 18.2 Å². The SMILES string of the molecule is COC(=O)CCCN(C)C(=O)c1ccc(F)c(OC)c1. The van der Waals surface area contributed by atoms with E-state index in [0.29, 0.717) is 18.5 Å². The standard InChI is InChI=1S/C14H18FNO4/c1-16(8-4-5-13(17)20-3)14(18)10-6-7-11(15)12(9-10)19-2/h6-7,9H,4-5,8H2,1-3H3. The number of carbonyl (C=O) groups is 2. The highest BCUT2D eigenvalue weighted by atomic mass is 19.1. The van der Waals surface area contributed by atoms with E-state index in [1.807, 2.05) is 0 Å². The lowest BCUT2D eigenvalue weighted by atomic mass is 10.1. The van der Waals surface area contributed by atoms with Crippen LogP contribution in [0.3, 0.4) is 0 Å². The minimum atomic E-state index is -0.516. The lowest BCUT2D eigenvalue weighted by molar-refractivity contribution is -0.140. The highest BCUT2D eigenvalue weighted by molar-refractivity contribution is 5.94. The number of benzene rings is 1. The molecule has 0 atom stereocenters. The van der Waals surface area contributed by atoms with Crippen LogP contribution in [0.4, 0.5) is 4.39 Å². The monoisotopic (exact) mass is 283 g/mol. The van der Waals surface area contributed by atoms with Crippen LogP contribution >= 0.6 is 0 Å².